The van der Waals surface area contributed by atoms with Crippen LogP contribution in [-0.2, 0) is 0 Å². The molecule has 0 amide bonds. The highest BCUT2D eigenvalue weighted by Crippen LogP contribution is 2.52. The fraction of sp³-hybridized carbons (Fsp3) is 0.0566. The van der Waals surface area contributed by atoms with Crippen LogP contribution in [0.2, 0.25) is 0 Å². The first-order valence-electron chi connectivity index (χ1n) is 19.2. The third kappa shape index (κ3) is 5.84. The van der Waals surface area contributed by atoms with E-state index in [1.54, 1.807) is 0 Å². The molecule has 8 aromatic carbocycles. The number of hydrogen-bond donors (Lipinski definition) is 0. The number of hydrogen-bond acceptors (Lipinski definition) is 2. The largest absolute Gasteiger partial charge is 0.310 e. The molecule has 0 saturated heterocycles. The second-order valence-electron chi connectivity index (χ2n) is 14.6. The molecule has 2 aliphatic carbocycles. The van der Waals surface area contributed by atoms with Crippen molar-refractivity contribution in [3.05, 3.63) is 223 Å². The van der Waals surface area contributed by atoms with E-state index < -0.39 is 0 Å². The standard InChI is InChI=1S/C53H40N2/c1-37-36-51(55(44-20-12-5-13-21-44)46-30-24-41(25-31-46)39-16-8-3-9-17-39)49-32-26-42-27-35-50(48-34-33-47(37)53(49)52(42)48)54(43-18-10-4-11-19-43)45-28-22-40(23-29-45)38-14-6-2-7-15-38/h2-37,47H,1H3. The van der Waals surface area contributed by atoms with Crippen molar-refractivity contribution in [2.75, 3.05) is 9.80 Å². The maximum Gasteiger partial charge on any atom is 0.0540 e. The molecule has 10 rings (SSSR count). The predicted octanol–water partition coefficient (Wildman–Crippen LogP) is 14.6. The minimum Gasteiger partial charge on any atom is -0.310 e. The van der Waals surface area contributed by atoms with Crippen molar-refractivity contribution in [2.24, 2.45) is 5.92 Å². The van der Waals surface area contributed by atoms with Crippen molar-refractivity contribution >= 4 is 51.0 Å². The van der Waals surface area contributed by atoms with Crippen molar-refractivity contribution < 1.29 is 0 Å². The van der Waals surface area contributed by atoms with Gasteiger partial charge in [0, 0.05) is 45.5 Å². The zero-order valence-electron chi connectivity index (χ0n) is 30.8. The van der Waals surface area contributed by atoms with Gasteiger partial charge in [-0.3, -0.25) is 0 Å². The highest BCUT2D eigenvalue weighted by Gasteiger charge is 2.34. The summed E-state index contributed by atoms with van der Waals surface area (Å²) in [6.07, 6.45) is 7.33. The molecule has 0 fully saturated rings. The zero-order valence-corrected chi connectivity index (χ0v) is 30.8. The Hall–Kier alpha value is -6.90. The molecule has 0 aliphatic heterocycles. The molecular weight excluding hydrogens is 665 g/mol. The lowest BCUT2D eigenvalue weighted by atomic mass is 9.72. The van der Waals surface area contributed by atoms with E-state index in [2.05, 4.69) is 229 Å². The van der Waals surface area contributed by atoms with E-state index in [1.807, 2.05) is 0 Å². The molecule has 2 heteroatoms. The van der Waals surface area contributed by atoms with E-state index in [0.29, 0.717) is 5.92 Å². The van der Waals surface area contributed by atoms with Crippen LogP contribution in [-0.4, -0.2) is 0 Å². The number of nitrogens with zero attached hydrogens (tertiary/aromatic N) is 2. The van der Waals surface area contributed by atoms with Crippen LogP contribution < -0.4 is 9.80 Å². The van der Waals surface area contributed by atoms with Crippen LogP contribution in [0.25, 0.3) is 44.8 Å². The van der Waals surface area contributed by atoms with Gasteiger partial charge in [-0.15, -0.1) is 0 Å². The molecular formula is C53H40N2. The molecule has 2 atom stereocenters. The van der Waals surface area contributed by atoms with Crippen molar-refractivity contribution in [3.63, 3.8) is 0 Å². The van der Waals surface area contributed by atoms with Crippen molar-refractivity contribution in [2.45, 2.75) is 12.8 Å². The van der Waals surface area contributed by atoms with E-state index >= 15 is 0 Å². The molecule has 2 aliphatic rings. The van der Waals surface area contributed by atoms with Crippen LogP contribution in [0.15, 0.2) is 206 Å². The molecule has 0 radical (unpaired) electrons. The van der Waals surface area contributed by atoms with E-state index in [-0.39, 0.29) is 5.92 Å². The number of allylic oxidation sites excluding steroid dienone is 2. The summed E-state index contributed by atoms with van der Waals surface area (Å²) in [5, 5.41) is 2.61. The summed E-state index contributed by atoms with van der Waals surface area (Å²) >= 11 is 0. The SMILES string of the molecule is CC1C=C(N(c2ccccc2)c2ccc(-c3ccccc3)cc2)c2ccc3ccc(N(c4ccccc4)c4ccc(-c5ccccc5)cc4)c4c3c2C1C=C4. The summed E-state index contributed by atoms with van der Waals surface area (Å²) in [7, 11) is 0. The average molecular weight is 705 g/mol. The van der Waals surface area contributed by atoms with E-state index in [9.17, 15) is 0 Å². The third-order valence-corrected chi connectivity index (χ3v) is 11.3. The molecule has 0 N–H and O–H groups in total. The normalized spacial score (nSPS) is 15.4. The lowest BCUT2D eigenvalue weighted by Crippen LogP contribution is -2.24. The highest BCUT2D eigenvalue weighted by molar-refractivity contribution is 6.06. The van der Waals surface area contributed by atoms with Crippen LogP contribution >= 0.6 is 0 Å². The molecule has 0 spiro atoms. The number of rotatable bonds is 8. The first-order valence-corrected chi connectivity index (χ1v) is 19.2. The lowest BCUT2D eigenvalue weighted by Gasteiger charge is -2.38. The monoisotopic (exact) mass is 704 g/mol. The first-order chi connectivity index (χ1) is 27.2. The number of anilines is 5. The molecule has 0 aromatic heterocycles. The first kappa shape index (κ1) is 32.7. The van der Waals surface area contributed by atoms with Gasteiger partial charge in [0.05, 0.1) is 5.69 Å². The third-order valence-electron chi connectivity index (χ3n) is 11.3. The van der Waals surface area contributed by atoms with Gasteiger partial charge in [0.2, 0.25) is 0 Å². The van der Waals surface area contributed by atoms with Crippen LogP contribution in [0.4, 0.5) is 28.4 Å². The summed E-state index contributed by atoms with van der Waals surface area (Å²) in [5.74, 6) is 0.574. The van der Waals surface area contributed by atoms with Crippen molar-refractivity contribution in [1.82, 2.24) is 0 Å². The quantitative estimate of drug-likeness (QED) is 0.155. The van der Waals surface area contributed by atoms with Gasteiger partial charge in [0.25, 0.3) is 0 Å². The Labute approximate surface area is 323 Å². The molecule has 0 bridgehead atoms. The van der Waals surface area contributed by atoms with Gasteiger partial charge in [-0.25, -0.2) is 0 Å². The van der Waals surface area contributed by atoms with Crippen LogP contribution in [0, 0.1) is 5.92 Å². The second-order valence-corrected chi connectivity index (χ2v) is 14.6. The highest BCUT2D eigenvalue weighted by atomic mass is 15.2. The summed E-state index contributed by atoms with van der Waals surface area (Å²) < 4.78 is 0. The topological polar surface area (TPSA) is 6.48 Å². The average Bonchev–Trinajstić information content (AvgIpc) is 3.26. The smallest absolute Gasteiger partial charge is 0.0540 e. The van der Waals surface area contributed by atoms with Gasteiger partial charge in [-0.2, -0.15) is 0 Å². The van der Waals surface area contributed by atoms with Gasteiger partial charge in [0.15, 0.2) is 0 Å². The summed E-state index contributed by atoms with van der Waals surface area (Å²) in [6.45, 7) is 2.37. The Morgan fingerprint density at radius 3 is 1.44 bits per heavy atom. The van der Waals surface area contributed by atoms with Crippen molar-refractivity contribution in [3.8, 4) is 22.3 Å². The Bertz CT molecular complexity index is 2680. The zero-order chi connectivity index (χ0) is 36.7. The summed E-state index contributed by atoms with van der Waals surface area (Å²) in [6, 6.07) is 70.1. The van der Waals surface area contributed by atoms with Crippen molar-refractivity contribution in [1.29, 1.82) is 0 Å². The maximum absolute atomic E-state index is 2.49. The Morgan fingerprint density at radius 2 is 0.873 bits per heavy atom. The molecule has 0 heterocycles. The van der Waals surface area contributed by atoms with E-state index in [1.165, 1.54) is 61.1 Å². The number of para-hydroxylation sites is 2. The molecule has 2 unspecified atom stereocenters. The fourth-order valence-electron chi connectivity index (χ4n) is 8.64. The minimum atomic E-state index is 0.276. The van der Waals surface area contributed by atoms with Crippen LogP contribution in [0.5, 0.6) is 0 Å². The molecule has 0 saturated carbocycles. The maximum atomic E-state index is 2.49. The molecule has 55 heavy (non-hydrogen) atoms. The molecule has 262 valence electrons. The van der Waals surface area contributed by atoms with E-state index in [4.69, 9.17) is 0 Å². The molecule has 8 aromatic rings. The van der Waals surface area contributed by atoms with Gasteiger partial charge in [-0.1, -0.05) is 165 Å². The lowest BCUT2D eigenvalue weighted by molar-refractivity contribution is 0.635. The van der Waals surface area contributed by atoms with Crippen LogP contribution in [0.3, 0.4) is 0 Å². The van der Waals surface area contributed by atoms with E-state index in [0.717, 1.165) is 22.7 Å². The predicted molar refractivity (Wildman–Crippen MR) is 233 cm³/mol. The van der Waals surface area contributed by atoms with Gasteiger partial charge >= 0.3 is 0 Å². The molecule has 2 nitrogen and oxygen atoms in total. The van der Waals surface area contributed by atoms with Gasteiger partial charge in [0.1, 0.15) is 0 Å². The van der Waals surface area contributed by atoms with Crippen LogP contribution in [0.1, 0.15) is 29.5 Å². The Balaban J connectivity index is 1.13. The number of benzene rings is 8. The summed E-state index contributed by atoms with van der Waals surface area (Å²) in [4.78, 5) is 4.87. The van der Waals surface area contributed by atoms with Gasteiger partial charge in [-0.05, 0) is 99.1 Å². The van der Waals surface area contributed by atoms with Gasteiger partial charge < -0.3 is 9.80 Å². The minimum absolute atomic E-state index is 0.276. The Morgan fingerprint density at radius 1 is 0.418 bits per heavy atom. The summed E-state index contributed by atoms with van der Waals surface area (Å²) in [5.41, 5.74) is 15.8. The Kier molecular flexibility index (Phi) is 8.22. The second kappa shape index (κ2) is 13.8. The fourth-order valence-corrected chi connectivity index (χ4v) is 8.64.